The molecule has 5 heteroatoms. The van der Waals surface area contributed by atoms with Crippen LogP contribution >= 0.6 is 23.8 Å². The standard InChI is InChI=1S/C16H14ClN3S/c17-14-9-7-13(8-10-14)15(19-20-16(18)21)11-6-12-4-2-1-3-5-12/h1-11H,(H3,18,20,21)/b11-6+,19-15-. The second kappa shape index (κ2) is 7.57. The molecule has 0 saturated carbocycles. The lowest BCUT2D eigenvalue weighted by atomic mass is 10.1. The van der Waals surface area contributed by atoms with Crippen molar-refractivity contribution in [3.05, 3.63) is 76.8 Å². The maximum atomic E-state index is 5.90. The number of halogens is 1. The Bertz CT molecular complexity index is 664. The molecule has 106 valence electrons. The molecule has 0 aliphatic carbocycles. The highest BCUT2D eigenvalue weighted by molar-refractivity contribution is 7.80. The third kappa shape index (κ3) is 5.02. The minimum absolute atomic E-state index is 0.120. The highest BCUT2D eigenvalue weighted by atomic mass is 35.5. The Morgan fingerprint density at radius 2 is 1.76 bits per heavy atom. The number of allylic oxidation sites excluding steroid dienone is 1. The smallest absolute Gasteiger partial charge is 0.184 e. The summed E-state index contributed by atoms with van der Waals surface area (Å²) in [5.41, 5.74) is 10.7. The van der Waals surface area contributed by atoms with Crippen molar-refractivity contribution in [1.82, 2.24) is 5.43 Å². The van der Waals surface area contributed by atoms with Crippen LogP contribution in [-0.4, -0.2) is 10.8 Å². The molecule has 0 saturated heterocycles. The first-order chi connectivity index (χ1) is 10.1. The van der Waals surface area contributed by atoms with E-state index in [1.54, 1.807) is 0 Å². The van der Waals surface area contributed by atoms with Crippen molar-refractivity contribution >= 4 is 40.7 Å². The molecule has 0 atom stereocenters. The first-order valence-electron chi connectivity index (χ1n) is 6.27. The summed E-state index contributed by atoms with van der Waals surface area (Å²) >= 11 is 10.7. The molecule has 0 amide bonds. The van der Waals surface area contributed by atoms with Crippen LogP contribution in [0.5, 0.6) is 0 Å². The van der Waals surface area contributed by atoms with Gasteiger partial charge >= 0.3 is 0 Å². The Morgan fingerprint density at radius 3 is 2.38 bits per heavy atom. The third-order valence-corrected chi connectivity index (χ3v) is 3.00. The molecule has 0 aliphatic heterocycles. The SMILES string of the molecule is NC(=S)N/N=C(/C=C/c1ccccc1)c1ccc(Cl)cc1. The summed E-state index contributed by atoms with van der Waals surface area (Å²) in [5, 5.41) is 5.00. The van der Waals surface area contributed by atoms with Gasteiger partial charge in [0.25, 0.3) is 0 Å². The number of nitrogens with two attached hydrogens (primary N) is 1. The van der Waals surface area contributed by atoms with E-state index in [1.807, 2.05) is 66.7 Å². The van der Waals surface area contributed by atoms with Crippen molar-refractivity contribution in [1.29, 1.82) is 0 Å². The number of benzene rings is 2. The van der Waals surface area contributed by atoms with E-state index >= 15 is 0 Å². The van der Waals surface area contributed by atoms with Crippen LogP contribution in [0, 0.1) is 0 Å². The molecule has 21 heavy (non-hydrogen) atoms. The highest BCUT2D eigenvalue weighted by Crippen LogP contribution is 2.12. The van der Waals surface area contributed by atoms with E-state index in [-0.39, 0.29) is 5.11 Å². The molecule has 0 radical (unpaired) electrons. The van der Waals surface area contributed by atoms with E-state index in [1.165, 1.54) is 0 Å². The van der Waals surface area contributed by atoms with Crippen LogP contribution in [0.4, 0.5) is 0 Å². The van der Waals surface area contributed by atoms with Crippen molar-refractivity contribution in [3.8, 4) is 0 Å². The number of thiocarbonyl (C=S) groups is 1. The maximum Gasteiger partial charge on any atom is 0.184 e. The molecule has 3 nitrogen and oxygen atoms in total. The largest absolute Gasteiger partial charge is 0.375 e. The van der Waals surface area contributed by atoms with Crippen LogP contribution in [0.25, 0.3) is 6.08 Å². The maximum absolute atomic E-state index is 5.90. The quantitative estimate of drug-likeness (QED) is 0.515. The normalized spacial score (nSPS) is 11.6. The van der Waals surface area contributed by atoms with E-state index in [2.05, 4.69) is 10.5 Å². The molecule has 0 aromatic heterocycles. The first-order valence-corrected chi connectivity index (χ1v) is 7.06. The fraction of sp³-hybridized carbons (Fsp3) is 0. The minimum atomic E-state index is 0.120. The number of hydrogen-bond donors (Lipinski definition) is 2. The van der Waals surface area contributed by atoms with Gasteiger partial charge in [-0.15, -0.1) is 0 Å². The van der Waals surface area contributed by atoms with Gasteiger partial charge in [0.1, 0.15) is 0 Å². The molecule has 0 bridgehead atoms. The Labute approximate surface area is 134 Å². The predicted molar refractivity (Wildman–Crippen MR) is 93.4 cm³/mol. The lowest BCUT2D eigenvalue weighted by Gasteiger charge is -2.03. The number of hydrogen-bond acceptors (Lipinski definition) is 2. The minimum Gasteiger partial charge on any atom is -0.375 e. The average Bonchev–Trinajstić information content (AvgIpc) is 2.49. The van der Waals surface area contributed by atoms with Gasteiger partial charge in [-0.1, -0.05) is 60.1 Å². The van der Waals surface area contributed by atoms with Crippen LogP contribution in [0.1, 0.15) is 11.1 Å². The van der Waals surface area contributed by atoms with E-state index in [0.717, 1.165) is 11.1 Å². The molecule has 0 heterocycles. The van der Waals surface area contributed by atoms with Gasteiger partial charge in [-0.25, -0.2) is 0 Å². The lowest BCUT2D eigenvalue weighted by Crippen LogP contribution is -2.25. The topological polar surface area (TPSA) is 50.4 Å². The van der Waals surface area contributed by atoms with E-state index in [9.17, 15) is 0 Å². The zero-order valence-corrected chi connectivity index (χ0v) is 12.7. The van der Waals surface area contributed by atoms with Gasteiger partial charge < -0.3 is 5.73 Å². The third-order valence-electron chi connectivity index (χ3n) is 2.66. The number of nitrogens with one attached hydrogen (secondary N) is 1. The summed E-state index contributed by atoms with van der Waals surface area (Å²) in [6.07, 6.45) is 3.86. The van der Waals surface area contributed by atoms with Gasteiger partial charge in [-0.05, 0) is 36.0 Å². The van der Waals surface area contributed by atoms with Crippen molar-refractivity contribution in [2.75, 3.05) is 0 Å². The Balaban J connectivity index is 2.28. The van der Waals surface area contributed by atoms with Gasteiger partial charge in [-0.3, -0.25) is 5.43 Å². The summed E-state index contributed by atoms with van der Waals surface area (Å²) < 4.78 is 0. The summed E-state index contributed by atoms with van der Waals surface area (Å²) in [5.74, 6) is 0. The molecule has 0 unspecified atom stereocenters. The molecule has 0 fully saturated rings. The van der Waals surface area contributed by atoms with Crippen LogP contribution in [-0.2, 0) is 0 Å². The van der Waals surface area contributed by atoms with Crippen LogP contribution in [0.2, 0.25) is 5.02 Å². The van der Waals surface area contributed by atoms with Crippen LogP contribution < -0.4 is 11.2 Å². The Kier molecular flexibility index (Phi) is 5.49. The zero-order chi connectivity index (χ0) is 15.1. The summed E-state index contributed by atoms with van der Waals surface area (Å²) in [4.78, 5) is 0. The molecule has 0 aliphatic rings. The van der Waals surface area contributed by atoms with Crippen molar-refractivity contribution in [2.24, 2.45) is 10.8 Å². The summed E-state index contributed by atoms with van der Waals surface area (Å²) in [6.45, 7) is 0. The Hall–Kier alpha value is -2.17. The molecular formula is C16H14ClN3S. The number of hydrazone groups is 1. The first kappa shape index (κ1) is 15.2. The molecular weight excluding hydrogens is 302 g/mol. The van der Waals surface area contributed by atoms with E-state index in [4.69, 9.17) is 29.6 Å². The molecule has 3 N–H and O–H groups in total. The average molecular weight is 316 g/mol. The summed E-state index contributed by atoms with van der Waals surface area (Å²) in [6, 6.07) is 17.3. The van der Waals surface area contributed by atoms with Gasteiger partial charge in [0.15, 0.2) is 5.11 Å². The van der Waals surface area contributed by atoms with E-state index < -0.39 is 0 Å². The fourth-order valence-corrected chi connectivity index (χ4v) is 1.84. The van der Waals surface area contributed by atoms with Gasteiger partial charge in [0.05, 0.1) is 5.71 Å². The Morgan fingerprint density at radius 1 is 1.10 bits per heavy atom. The second-order valence-corrected chi connectivity index (χ2v) is 5.10. The lowest BCUT2D eigenvalue weighted by molar-refractivity contribution is 1.03. The van der Waals surface area contributed by atoms with Crippen LogP contribution in [0.3, 0.4) is 0 Å². The van der Waals surface area contributed by atoms with Crippen LogP contribution in [0.15, 0.2) is 65.8 Å². The molecule has 0 spiro atoms. The van der Waals surface area contributed by atoms with Crippen molar-refractivity contribution in [3.63, 3.8) is 0 Å². The monoisotopic (exact) mass is 315 g/mol. The number of rotatable bonds is 4. The molecule has 2 aromatic rings. The summed E-state index contributed by atoms with van der Waals surface area (Å²) in [7, 11) is 0. The molecule has 2 aromatic carbocycles. The van der Waals surface area contributed by atoms with Crippen molar-refractivity contribution in [2.45, 2.75) is 0 Å². The molecule has 2 rings (SSSR count). The zero-order valence-electron chi connectivity index (χ0n) is 11.2. The van der Waals surface area contributed by atoms with Gasteiger partial charge in [-0.2, -0.15) is 5.10 Å². The highest BCUT2D eigenvalue weighted by Gasteiger charge is 2.00. The van der Waals surface area contributed by atoms with Gasteiger partial charge in [0, 0.05) is 10.6 Å². The number of nitrogens with zero attached hydrogens (tertiary/aromatic N) is 1. The second-order valence-electron chi connectivity index (χ2n) is 4.22. The predicted octanol–water partition coefficient (Wildman–Crippen LogP) is 3.59. The fourth-order valence-electron chi connectivity index (χ4n) is 1.67. The van der Waals surface area contributed by atoms with Gasteiger partial charge in [0.2, 0.25) is 0 Å². The van der Waals surface area contributed by atoms with Crippen molar-refractivity contribution < 1.29 is 0 Å². The van der Waals surface area contributed by atoms with E-state index in [0.29, 0.717) is 10.7 Å².